The minimum absolute atomic E-state index is 0.0871. The van der Waals surface area contributed by atoms with Crippen LogP contribution in [0.2, 0.25) is 18.1 Å². The molecular weight excluding hydrogens is 727 g/mol. The number of carbonyl (C=O) groups excluding carboxylic acids is 4. The highest BCUT2D eigenvalue weighted by molar-refractivity contribution is 14.1. The maximum absolute atomic E-state index is 14.0. The van der Waals surface area contributed by atoms with E-state index in [-0.39, 0.29) is 35.2 Å². The second-order valence-electron chi connectivity index (χ2n) is 14.3. The summed E-state index contributed by atoms with van der Waals surface area (Å²) in [6.45, 7) is 19.5. The van der Waals surface area contributed by atoms with E-state index in [0.717, 1.165) is 45.5 Å². The van der Waals surface area contributed by atoms with Crippen molar-refractivity contribution in [3.8, 4) is 0 Å². The van der Waals surface area contributed by atoms with Crippen LogP contribution in [-0.4, -0.2) is 70.0 Å². The number of aromatic amines is 1. The summed E-state index contributed by atoms with van der Waals surface area (Å²) < 4.78 is 6.05. The highest BCUT2D eigenvalue weighted by Crippen LogP contribution is 2.28. The Balaban J connectivity index is 2.59. The summed E-state index contributed by atoms with van der Waals surface area (Å²) in [5, 5.41) is 20.5. The van der Waals surface area contributed by atoms with E-state index in [4.69, 9.17) is 4.74 Å². The summed E-state index contributed by atoms with van der Waals surface area (Å²) in [4.78, 5) is 57.2. The lowest BCUT2D eigenvalue weighted by atomic mass is 9.98. The van der Waals surface area contributed by atoms with Crippen LogP contribution in [0.1, 0.15) is 86.8 Å². The van der Waals surface area contributed by atoms with Crippen molar-refractivity contribution in [1.29, 1.82) is 0 Å². The Morgan fingerprint density at radius 2 is 1.55 bits per heavy atom. The van der Waals surface area contributed by atoms with E-state index in [1.807, 2.05) is 68.5 Å². The zero-order chi connectivity index (χ0) is 35.7. The Hall–Kier alpha value is -2.45. The summed E-state index contributed by atoms with van der Waals surface area (Å²) in [5.74, 6) is -1.93. The van der Waals surface area contributed by atoms with E-state index >= 15 is 0 Å². The van der Waals surface area contributed by atoms with Crippen LogP contribution in [-0.2, 0) is 36.9 Å². The summed E-state index contributed by atoms with van der Waals surface area (Å²) in [5.41, 5.74) is 1.86. The van der Waals surface area contributed by atoms with Crippen molar-refractivity contribution in [2.45, 2.75) is 131 Å². The number of amides is 3. The van der Waals surface area contributed by atoms with Gasteiger partial charge in [-0.2, -0.15) is 0 Å². The predicted molar refractivity (Wildman–Crippen MR) is 200 cm³/mol. The average Bonchev–Trinajstić information content (AvgIpc) is 3.36. The number of aromatic nitrogens is 1. The molecule has 3 amide bonds. The molecule has 3 atom stereocenters. The summed E-state index contributed by atoms with van der Waals surface area (Å²) in [6, 6.07) is 6.03. The number of ether oxygens (including phenoxy) is 1. The Labute approximate surface area is 295 Å². The molecule has 1 aromatic carbocycles. The molecule has 0 saturated carbocycles. The lowest BCUT2D eigenvalue weighted by molar-refractivity contribution is -0.158. The molecule has 0 aliphatic carbocycles. The maximum Gasteiger partial charge on any atom is 0.329 e. The van der Waals surface area contributed by atoms with Crippen LogP contribution < -0.4 is 21.3 Å². The van der Waals surface area contributed by atoms with Crippen molar-refractivity contribution in [3.05, 3.63) is 29.3 Å². The van der Waals surface area contributed by atoms with E-state index in [1.165, 1.54) is 0 Å². The monoisotopic (exact) mass is 784 g/mol. The van der Waals surface area contributed by atoms with Gasteiger partial charge in [0.05, 0.1) is 11.0 Å². The van der Waals surface area contributed by atoms with Gasteiger partial charge >= 0.3 is 5.97 Å². The molecule has 0 unspecified atom stereocenters. The largest absolute Gasteiger partial charge is 0.458 e. The van der Waals surface area contributed by atoms with Crippen molar-refractivity contribution >= 4 is 70.6 Å². The Kier molecular flexibility index (Phi) is 15.4. The molecule has 10 nitrogen and oxygen atoms in total. The topological polar surface area (TPSA) is 150 Å². The zero-order valence-corrected chi connectivity index (χ0v) is 33.1. The fourth-order valence-corrected chi connectivity index (χ4v) is 10.2. The minimum Gasteiger partial charge on any atom is -0.458 e. The molecule has 1 heterocycles. The Morgan fingerprint density at radius 1 is 0.936 bits per heavy atom. The molecule has 1 aromatic heterocycles. The van der Waals surface area contributed by atoms with E-state index in [1.54, 1.807) is 20.8 Å². The Bertz CT molecular complexity index is 1370. The van der Waals surface area contributed by atoms with Crippen LogP contribution in [0.25, 0.3) is 10.9 Å². The van der Waals surface area contributed by atoms with Crippen LogP contribution in [0.15, 0.2) is 18.2 Å². The van der Waals surface area contributed by atoms with Gasteiger partial charge in [0.1, 0.15) is 31.8 Å². The third kappa shape index (κ3) is 11.0. The van der Waals surface area contributed by atoms with E-state index in [9.17, 15) is 24.3 Å². The number of rotatable bonds is 17. The number of aliphatic hydroxyl groups is 1. The molecular formula is C35H57IN4O6Si. The number of hydrogen-bond acceptors (Lipinski definition) is 6. The first-order valence-corrected chi connectivity index (χ1v) is 21.0. The van der Waals surface area contributed by atoms with Gasteiger partial charge in [-0.05, 0) is 56.2 Å². The zero-order valence-electron chi connectivity index (χ0n) is 29.9. The van der Waals surface area contributed by atoms with E-state index < -0.39 is 49.6 Å². The van der Waals surface area contributed by atoms with Crippen LogP contribution in [0.5, 0.6) is 0 Å². The van der Waals surface area contributed by atoms with Crippen LogP contribution in [0.3, 0.4) is 0 Å². The van der Waals surface area contributed by atoms with Gasteiger partial charge in [-0.15, -0.1) is 0 Å². The minimum atomic E-state index is -2.02. The molecule has 0 bridgehead atoms. The van der Waals surface area contributed by atoms with Gasteiger partial charge in [0.2, 0.25) is 17.7 Å². The van der Waals surface area contributed by atoms with Crippen molar-refractivity contribution in [3.63, 3.8) is 0 Å². The molecule has 0 aliphatic heterocycles. The van der Waals surface area contributed by atoms with Gasteiger partial charge in [0, 0.05) is 22.6 Å². The summed E-state index contributed by atoms with van der Waals surface area (Å²) in [6.07, 6.45) is 0.615. The molecule has 0 saturated heterocycles. The average molecular weight is 785 g/mol. The first kappa shape index (κ1) is 40.7. The molecule has 47 heavy (non-hydrogen) atoms. The molecule has 264 valence electrons. The van der Waals surface area contributed by atoms with Gasteiger partial charge in [0.25, 0.3) is 0 Å². The van der Waals surface area contributed by atoms with Crippen LogP contribution in [0.4, 0.5) is 0 Å². The third-order valence-electron chi connectivity index (χ3n) is 8.86. The van der Waals surface area contributed by atoms with Crippen molar-refractivity contribution in [2.24, 2.45) is 11.8 Å². The molecule has 2 rings (SSSR count). The van der Waals surface area contributed by atoms with Gasteiger partial charge < -0.3 is 30.8 Å². The van der Waals surface area contributed by atoms with Gasteiger partial charge in [-0.25, -0.2) is 4.79 Å². The molecule has 0 spiro atoms. The number of H-pyrrole nitrogens is 1. The molecule has 12 heteroatoms. The predicted octanol–water partition coefficient (Wildman–Crippen LogP) is 4.85. The number of fused-ring (bicyclic) bond motifs is 1. The molecule has 0 fully saturated rings. The van der Waals surface area contributed by atoms with Crippen LogP contribution >= 0.6 is 22.6 Å². The van der Waals surface area contributed by atoms with E-state index in [2.05, 4.69) is 41.7 Å². The first-order valence-electron chi connectivity index (χ1n) is 16.9. The quantitative estimate of drug-likeness (QED) is 0.0671. The highest BCUT2D eigenvalue weighted by atomic mass is 127. The second kappa shape index (κ2) is 17.8. The number of alkyl halides is 1. The number of hydrogen-bond donors (Lipinski definition) is 5. The van der Waals surface area contributed by atoms with Crippen molar-refractivity contribution in [2.75, 3.05) is 4.43 Å². The first-order chi connectivity index (χ1) is 21.9. The van der Waals surface area contributed by atoms with E-state index in [0.29, 0.717) is 6.42 Å². The van der Waals surface area contributed by atoms with Crippen molar-refractivity contribution < 1.29 is 29.0 Å². The number of esters is 1. The molecule has 2 aromatic rings. The lowest BCUT2D eigenvalue weighted by Crippen LogP contribution is -2.58. The molecule has 0 radical (unpaired) electrons. The number of aliphatic hydroxyl groups excluding tert-OH is 1. The van der Waals surface area contributed by atoms with Gasteiger partial charge in [0.15, 0.2) is 0 Å². The summed E-state index contributed by atoms with van der Waals surface area (Å²) >= 11 is 1.95. The number of nitrogens with one attached hydrogen (secondary N) is 4. The number of halogens is 1. The molecule has 5 N–H and O–H groups in total. The normalized spacial score (nSPS) is 14.2. The lowest BCUT2D eigenvalue weighted by Gasteiger charge is -2.31. The van der Waals surface area contributed by atoms with Crippen molar-refractivity contribution in [1.82, 2.24) is 20.9 Å². The number of carbonyl (C=O) groups is 4. The molecule has 0 aliphatic rings. The van der Waals surface area contributed by atoms with Gasteiger partial charge in [-0.1, -0.05) is 101 Å². The third-order valence-corrected chi connectivity index (χ3v) is 15.1. The standard InChI is InChI=1S/C35H57IN4O6Si/c1-11-47(12-2,13-3)33-25(24-15-14-23(20-41)17-26(24)39-33)18-28(34(45)46-35(8,9)10)38-32(44)30(22(6)7)40-31(43)27(16-21(4)5)37-29(42)19-36/h14-15,17,21-22,27-28,30,39,41H,11-13,16,18-20H2,1-10H3,(H,37,42)(H,38,44)(H,40,43)/t27-,28-,30-/m0/s1. The van der Waals surface area contributed by atoms with Crippen LogP contribution in [0, 0.1) is 11.8 Å². The second-order valence-corrected chi connectivity index (χ2v) is 20.2. The Morgan fingerprint density at radius 3 is 2.04 bits per heavy atom. The SMILES string of the molecule is CC[Si](CC)(CC)c1[nH]c2cc(CO)ccc2c1C[C@H](NC(=O)[C@@H](NC(=O)[C@H](CC(C)C)NC(=O)CI)C(C)C)C(=O)OC(C)(C)C. The maximum atomic E-state index is 14.0. The summed E-state index contributed by atoms with van der Waals surface area (Å²) in [7, 11) is -2.02. The van der Waals surface area contributed by atoms with Gasteiger partial charge in [-0.3, -0.25) is 14.4 Å². The number of benzene rings is 1. The smallest absolute Gasteiger partial charge is 0.329 e. The highest BCUT2D eigenvalue weighted by Gasteiger charge is 2.38. The fraction of sp³-hybridized carbons (Fsp3) is 0.657. The fourth-order valence-electron chi connectivity index (χ4n) is 6.10.